The Kier molecular flexibility index (Phi) is 10.4. The van der Waals surface area contributed by atoms with E-state index in [0.717, 1.165) is 56.6 Å². The van der Waals surface area contributed by atoms with E-state index in [2.05, 4.69) is 10.6 Å². The SMILES string of the molecule is CCc1c(CCNCCCCCCNCCc2ccc(O)cc2)ccc(O)c1O. The monoisotopic (exact) mass is 400 g/mol. The van der Waals surface area contributed by atoms with Gasteiger partial charge in [-0.2, -0.15) is 0 Å². The molecule has 0 aliphatic heterocycles. The van der Waals surface area contributed by atoms with Gasteiger partial charge < -0.3 is 26.0 Å². The molecular weight excluding hydrogens is 364 g/mol. The van der Waals surface area contributed by atoms with Gasteiger partial charge in [0.1, 0.15) is 5.75 Å². The Labute approximate surface area is 174 Å². The summed E-state index contributed by atoms with van der Waals surface area (Å²) < 4.78 is 0. The maximum absolute atomic E-state index is 9.94. The van der Waals surface area contributed by atoms with Crippen molar-refractivity contribution in [2.45, 2.75) is 51.9 Å². The average Bonchev–Trinajstić information content (AvgIpc) is 2.72. The standard InChI is InChI=1S/C24H36N2O3/c1-2-22-20(9-12-23(28)24(22)29)14-18-26-16-6-4-3-5-15-25-17-13-19-7-10-21(27)11-8-19/h7-12,25-29H,2-6,13-18H2,1H3. The Morgan fingerprint density at radius 2 is 1.31 bits per heavy atom. The summed E-state index contributed by atoms with van der Waals surface area (Å²) in [5.41, 5.74) is 3.20. The van der Waals surface area contributed by atoms with Gasteiger partial charge >= 0.3 is 0 Å². The molecule has 0 aliphatic rings. The normalized spacial score (nSPS) is 11.1. The van der Waals surface area contributed by atoms with Crippen molar-refractivity contribution in [2.75, 3.05) is 26.2 Å². The number of benzene rings is 2. The topological polar surface area (TPSA) is 84.8 Å². The molecule has 0 atom stereocenters. The second-order valence-electron chi connectivity index (χ2n) is 7.51. The number of hydrogen-bond donors (Lipinski definition) is 5. The van der Waals surface area contributed by atoms with Gasteiger partial charge in [-0.05, 0) is 87.6 Å². The van der Waals surface area contributed by atoms with Crippen LogP contribution in [0.2, 0.25) is 0 Å². The summed E-state index contributed by atoms with van der Waals surface area (Å²) in [5, 5.41) is 35.8. The molecule has 0 heterocycles. The van der Waals surface area contributed by atoms with Gasteiger partial charge in [-0.15, -0.1) is 0 Å². The number of unbranched alkanes of at least 4 members (excludes halogenated alkanes) is 3. The molecule has 5 N–H and O–H groups in total. The zero-order valence-electron chi connectivity index (χ0n) is 17.6. The van der Waals surface area contributed by atoms with E-state index in [0.29, 0.717) is 5.75 Å². The zero-order chi connectivity index (χ0) is 20.9. The molecule has 0 radical (unpaired) electrons. The number of nitrogens with one attached hydrogen (secondary N) is 2. The first-order chi connectivity index (χ1) is 14.1. The number of rotatable bonds is 14. The van der Waals surface area contributed by atoms with Crippen LogP contribution in [0.3, 0.4) is 0 Å². The van der Waals surface area contributed by atoms with Crippen LogP contribution in [-0.4, -0.2) is 41.5 Å². The van der Waals surface area contributed by atoms with Gasteiger partial charge in [0.2, 0.25) is 0 Å². The second kappa shape index (κ2) is 13.1. The van der Waals surface area contributed by atoms with E-state index in [1.165, 1.54) is 31.2 Å². The molecular formula is C24H36N2O3. The summed E-state index contributed by atoms with van der Waals surface area (Å²) in [6.45, 7) is 5.91. The van der Waals surface area contributed by atoms with Crippen LogP contribution in [0.25, 0.3) is 0 Å². The first kappa shape index (κ1) is 23.0. The average molecular weight is 401 g/mol. The van der Waals surface area contributed by atoms with Crippen LogP contribution in [0.1, 0.15) is 49.3 Å². The summed E-state index contributed by atoms with van der Waals surface area (Å²) in [4.78, 5) is 0. The van der Waals surface area contributed by atoms with Crippen LogP contribution >= 0.6 is 0 Å². The highest BCUT2D eigenvalue weighted by Crippen LogP contribution is 2.31. The van der Waals surface area contributed by atoms with Gasteiger partial charge in [0, 0.05) is 5.56 Å². The van der Waals surface area contributed by atoms with Gasteiger partial charge in [-0.1, -0.05) is 38.0 Å². The third-order valence-corrected chi connectivity index (χ3v) is 5.27. The second-order valence-corrected chi connectivity index (χ2v) is 7.51. The number of phenolic OH excluding ortho intramolecular Hbond substituents is 3. The van der Waals surface area contributed by atoms with Gasteiger partial charge in [0.25, 0.3) is 0 Å². The molecule has 0 aromatic heterocycles. The summed E-state index contributed by atoms with van der Waals surface area (Å²) in [5.74, 6) is 0.316. The molecule has 2 rings (SSSR count). The Bertz CT molecular complexity index is 717. The molecule has 0 unspecified atom stereocenters. The summed E-state index contributed by atoms with van der Waals surface area (Å²) >= 11 is 0. The smallest absolute Gasteiger partial charge is 0.160 e. The molecule has 5 heteroatoms. The molecule has 2 aromatic rings. The van der Waals surface area contributed by atoms with Gasteiger partial charge in [-0.25, -0.2) is 0 Å². The van der Waals surface area contributed by atoms with Crippen molar-refractivity contribution in [3.05, 3.63) is 53.1 Å². The minimum absolute atomic E-state index is 0.0293. The molecule has 2 aromatic carbocycles. The van der Waals surface area contributed by atoms with E-state index in [4.69, 9.17) is 0 Å². The fourth-order valence-electron chi connectivity index (χ4n) is 3.52. The van der Waals surface area contributed by atoms with Crippen LogP contribution in [0.5, 0.6) is 17.2 Å². The highest BCUT2D eigenvalue weighted by molar-refractivity contribution is 5.49. The lowest BCUT2D eigenvalue weighted by Gasteiger charge is -2.12. The lowest BCUT2D eigenvalue weighted by atomic mass is 10.0. The minimum Gasteiger partial charge on any atom is -0.508 e. The molecule has 0 fully saturated rings. The van der Waals surface area contributed by atoms with Gasteiger partial charge in [0.15, 0.2) is 11.5 Å². The van der Waals surface area contributed by atoms with Crippen molar-refractivity contribution < 1.29 is 15.3 Å². The number of phenols is 3. The molecule has 0 amide bonds. The van der Waals surface area contributed by atoms with Crippen molar-refractivity contribution in [3.8, 4) is 17.2 Å². The number of aromatic hydroxyl groups is 3. The maximum Gasteiger partial charge on any atom is 0.160 e. The lowest BCUT2D eigenvalue weighted by molar-refractivity contribution is 0.399. The lowest BCUT2D eigenvalue weighted by Crippen LogP contribution is -2.19. The van der Waals surface area contributed by atoms with Crippen LogP contribution < -0.4 is 10.6 Å². The zero-order valence-corrected chi connectivity index (χ0v) is 17.6. The summed E-state index contributed by atoms with van der Waals surface area (Å²) in [6, 6.07) is 10.9. The van der Waals surface area contributed by atoms with Crippen LogP contribution in [0.4, 0.5) is 0 Å². The molecule has 0 bridgehead atoms. The summed E-state index contributed by atoms with van der Waals surface area (Å²) in [7, 11) is 0. The van der Waals surface area contributed by atoms with E-state index in [9.17, 15) is 15.3 Å². The fraction of sp³-hybridized carbons (Fsp3) is 0.500. The first-order valence-corrected chi connectivity index (χ1v) is 10.8. The van der Waals surface area contributed by atoms with Crippen molar-refractivity contribution in [1.82, 2.24) is 10.6 Å². The van der Waals surface area contributed by atoms with E-state index in [1.54, 1.807) is 18.2 Å². The van der Waals surface area contributed by atoms with Gasteiger partial charge in [0.05, 0.1) is 0 Å². The molecule has 0 saturated heterocycles. The van der Waals surface area contributed by atoms with Crippen molar-refractivity contribution >= 4 is 0 Å². The van der Waals surface area contributed by atoms with Crippen LogP contribution in [-0.2, 0) is 19.3 Å². The Balaban J connectivity index is 1.44. The van der Waals surface area contributed by atoms with E-state index in [1.807, 2.05) is 25.1 Å². The fourth-order valence-corrected chi connectivity index (χ4v) is 3.52. The maximum atomic E-state index is 9.94. The predicted octanol–water partition coefficient (Wildman–Crippen LogP) is 3.89. The van der Waals surface area contributed by atoms with E-state index in [-0.39, 0.29) is 11.5 Å². The molecule has 5 nitrogen and oxygen atoms in total. The Morgan fingerprint density at radius 1 is 0.690 bits per heavy atom. The largest absolute Gasteiger partial charge is 0.508 e. The van der Waals surface area contributed by atoms with E-state index < -0.39 is 0 Å². The molecule has 0 saturated carbocycles. The van der Waals surface area contributed by atoms with E-state index >= 15 is 0 Å². The highest BCUT2D eigenvalue weighted by Gasteiger charge is 2.09. The van der Waals surface area contributed by atoms with Crippen LogP contribution in [0.15, 0.2) is 36.4 Å². The number of hydrogen-bond acceptors (Lipinski definition) is 5. The summed E-state index contributed by atoms with van der Waals surface area (Å²) in [6.07, 6.45) is 7.41. The Hall–Kier alpha value is -2.24. The predicted molar refractivity (Wildman–Crippen MR) is 119 cm³/mol. The molecule has 29 heavy (non-hydrogen) atoms. The van der Waals surface area contributed by atoms with Crippen molar-refractivity contribution in [3.63, 3.8) is 0 Å². The van der Waals surface area contributed by atoms with Crippen LogP contribution in [0, 0.1) is 0 Å². The van der Waals surface area contributed by atoms with Crippen molar-refractivity contribution in [1.29, 1.82) is 0 Å². The molecule has 160 valence electrons. The third-order valence-electron chi connectivity index (χ3n) is 5.27. The molecule has 0 aliphatic carbocycles. The molecule has 0 spiro atoms. The highest BCUT2D eigenvalue weighted by atomic mass is 16.3. The first-order valence-electron chi connectivity index (χ1n) is 10.8. The van der Waals surface area contributed by atoms with Crippen molar-refractivity contribution in [2.24, 2.45) is 0 Å². The minimum atomic E-state index is -0.0339. The van der Waals surface area contributed by atoms with Gasteiger partial charge in [-0.3, -0.25) is 0 Å². The quantitative estimate of drug-likeness (QED) is 0.245. The third kappa shape index (κ3) is 8.34. The Morgan fingerprint density at radius 3 is 1.93 bits per heavy atom.